The number of nitrogens with one attached hydrogen (secondary N) is 2. The molecule has 4 N–H and O–H groups in total. The van der Waals surface area contributed by atoms with Gasteiger partial charge in [0, 0.05) is 16.6 Å². The first-order valence-electron chi connectivity index (χ1n) is 10.3. The van der Waals surface area contributed by atoms with Crippen LogP contribution in [-0.2, 0) is 6.42 Å². The molecule has 0 unspecified atom stereocenters. The van der Waals surface area contributed by atoms with Crippen LogP contribution in [0.1, 0.15) is 24.8 Å². The topological polar surface area (TPSA) is 68.5 Å². The van der Waals surface area contributed by atoms with Gasteiger partial charge < -0.3 is 25.8 Å². The highest BCUT2D eigenvalue weighted by molar-refractivity contribution is 7.99. The van der Waals surface area contributed by atoms with E-state index in [1.807, 2.05) is 23.9 Å². The number of nitrogen functional groups attached to an aromatic ring is 1. The van der Waals surface area contributed by atoms with E-state index in [0.29, 0.717) is 5.75 Å². The molecule has 5 nitrogen and oxygen atoms in total. The second-order valence-electron chi connectivity index (χ2n) is 6.88. The van der Waals surface area contributed by atoms with Gasteiger partial charge in [0.2, 0.25) is 0 Å². The minimum atomic E-state index is 0.673. The van der Waals surface area contributed by atoms with Gasteiger partial charge in [0.25, 0.3) is 0 Å². The summed E-state index contributed by atoms with van der Waals surface area (Å²) in [6, 6.07) is 14.4. The maximum atomic E-state index is 6.11. The van der Waals surface area contributed by atoms with Gasteiger partial charge in [-0.3, -0.25) is 0 Å². The van der Waals surface area contributed by atoms with Gasteiger partial charge in [0.1, 0.15) is 0 Å². The molecule has 0 saturated heterocycles. The number of methoxy groups -OCH3 is 2. The number of rotatable bonds is 15. The van der Waals surface area contributed by atoms with Crippen LogP contribution in [0.4, 0.5) is 5.69 Å². The quantitative estimate of drug-likeness (QED) is 0.231. The van der Waals surface area contributed by atoms with Crippen molar-refractivity contribution in [2.75, 3.05) is 51.9 Å². The standard InChI is InChI=1S/C23H35N3O2S/c1-27-22-17-19(21(24)18-23(22)28-2)11-15-26-14-8-13-25-12-6-7-16-29-20-9-4-3-5-10-20/h3-5,9-10,17-18,25-26H,6-8,11-16,24H2,1-2H3. The second kappa shape index (κ2) is 14.1. The molecule has 2 rings (SSSR count). The molecule has 0 aliphatic carbocycles. The van der Waals surface area contributed by atoms with Crippen molar-refractivity contribution >= 4 is 17.4 Å². The minimum absolute atomic E-state index is 0.673. The average Bonchev–Trinajstić information content (AvgIpc) is 2.75. The lowest BCUT2D eigenvalue weighted by molar-refractivity contribution is 0.354. The van der Waals surface area contributed by atoms with Crippen molar-refractivity contribution in [2.45, 2.75) is 30.6 Å². The summed E-state index contributed by atoms with van der Waals surface area (Å²) < 4.78 is 10.6. The van der Waals surface area contributed by atoms with Crippen molar-refractivity contribution in [2.24, 2.45) is 0 Å². The van der Waals surface area contributed by atoms with Gasteiger partial charge in [0.15, 0.2) is 11.5 Å². The molecule has 2 aromatic rings. The van der Waals surface area contributed by atoms with E-state index in [4.69, 9.17) is 15.2 Å². The zero-order valence-corrected chi connectivity index (χ0v) is 18.5. The molecular formula is C23H35N3O2S. The zero-order chi connectivity index (χ0) is 20.7. The van der Waals surface area contributed by atoms with E-state index in [2.05, 4.69) is 41.0 Å². The van der Waals surface area contributed by atoms with E-state index in [0.717, 1.165) is 56.0 Å². The normalized spacial score (nSPS) is 10.8. The molecule has 0 spiro atoms. The Hall–Kier alpha value is -1.89. The maximum absolute atomic E-state index is 6.11. The molecule has 6 heteroatoms. The molecule has 0 bridgehead atoms. The third-order valence-corrected chi connectivity index (χ3v) is 5.78. The number of anilines is 1. The second-order valence-corrected chi connectivity index (χ2v) is 8.05. The Morgan fingerprint density at radius 1 is 0.828 bits per heavy atom. The van der Waals surface area contributed by atoms with Crippen LogP contribution in [0.3, 0.4) is 0 Å². The number of thioether (sulfide) groups is 1. The zero-order valence-electron chi connectivity index (χ0n) is 17.7. The molecular weight excluding hydrogens is 382 g/mol. The van der Waals surface area contributed by atoms with Crippen LogP contribution in [0.5, 0.6) is 11.5 Å². The highest BCUT2D eigenvalue weighted by Gasteiger charge is 2.08. The molecule has 0 radical (unpaired) electrons. The van der Waals surface area contributed by atoms with Crippen molar-refractivity contribution in [1.29, 1.82) is 0 Å². The van der Waals surface area contributed by atoms with E-state index in [-0.39, 0.29) is 0 Å². The van der Waals surface area contributed by atoms with Crippen LogP contribution >= 0.6 is 11.8 Å². The lowest BCUT2D eigenvalue weighted by Crippen LogP contribution is -2.24. The van der Waals surface area contributed by atoms with Crippen molar-refractivity contribution in [3.8, 4) is 11.5 Å². The van der Waals surface area contributed by atoms with E-state index >= 15 is 0 Å². The maximum Gasteiger partial charge on any atom is 0.162 e. The molecule has 0 aliphatic heterocycles. The Morgan fingerprint density at radius 2 is 1.48 bits per heavy atom. The van der Waals surface area contributed by atoms with Crippen LogP contribution in [-0.4, -0.2) is 46.2 Å². The van der Waals surface area contributed by atoms with Gasteiger partial charge in [-0.15, -0.1) is 11.8 Å². The number of unbranched alkanes of at least 4 members (excludes halogenated alkanes) is 1. The summed E-state index contributed by atoms with van der Waals surface area (Å²) in [7, 11) is 3.27. The summed E-state index contributed by atoms with van der Waals surface area (Å²) >= 11 is 1.94. The fraction of sp³-hybridized carbons (Fsp3) is 0.478. The monoisotopic (exact) mass is 417 g/mol. The number of nitrogens with two attached hydrogens (primary N) is 1. The van der Waals surface area contributed by atoms with Crippen molar-refractivity contribution < 1.29 is 9.47 Å². The molecule has 0 atom stereocenters. The first kappa shape index (κ1) is 23.4. The molecule has 2 aromatic carbocycles. The van der Waals surface area contributed by atoms with Gasteiger partial charge in [-0.05, 0) is 81.4 Å². The van der Waals surface area contributed by atoms with Crippen molar-refractivity contribution in [3.05, 3.63) is 48.0 Å². The first-order chi connectivity index (χ1) is 14.2. The van der Waals surface area contributed by atoms with Crippen molar-refractivity contribution in [1.82, 2.24) is 10.6 Å². The average molecular weight is 418 g/mol. The molecule has 0 saturated carbocycles. The van der Waals surface area contributed by atoms with E-state index in [9.17, 15) is 0 Å². The van der Waals surface area contributed by atoms with Crippen LogP contribution in [0.25, 0.3) is 0 Å². The third kappa shape index (κ3) is 8.98. The predicted molar refractivity (Wildman–Crippen MR) is 124 cm³/mol. The molecule has 0 fully saturated rings. The summed E-state index contributed by atoms with van der Waals surface area (Å²) in [6.45, 7) is 4.05. The summed E-state index contributed by atoms with van der Waals surface area (Å²) in [5.74, 6) is 2.58. The highest BCUT2D eigenvalue weighted by Crippen LogP contribution is 2.31. The number of hydrogen-bond acceptors (Lipinski definition) is 6. The summed E-state index contributed by atoms with van der Waals surface area (Å²) in [4.78, 5) is 1.36. The Balaban J connectivity index is 1.45. The largest absolute Gasteiger partial charge is 0.493 e. The molecule has 29 heavy (non-hydrogen) atoms. The van der Waals surface area contributed by atoms with Crippen molar-refractivity contribution in [3.63, 3.8) is 0 Å². The number of ether oxygens (including phenoxy) is 2. The fourth-order valence-electron chi connectivity index (χ4n) is 3.02. The summed E-state index contributed by atoms with van der Waals surface area (Å²) in [6.07, 6.45) is 4.47. The summed E-state index contributed by atoms with van der Waals surface area (Å²) in [5.41, 5.74) is 7.94. The Labute approximate surface area is 179 Å². The highest BCUT2D eigenvalue weighted by atomic mass is 32.2. The van der Waals surface area contributed by atoms with E-state index in [1.54, 1.807) is 14.2 Å². The Bertz CT molecular complexity index is 698. The molecule has 0 aliphatic rings. The molecule has 160 valence electrons. The predicted octanol–water partition coefficient (Wildman–Crippen LogP) is 3.97. The Morgan fingerprint density at radius 3 is 2.21 bits per heavy atom. The van der Waals surface area contributed by atoms with Gasteiger partial charge in [0.05, 0.1) is 14.2 Å². The van der Waals surface area contributed by atoms with Gasteiger partial charge >= 0.3 is 0 Å². The van der Waals surface area contributed by atoms with Gasteiger partial charge in [-0.1, -0.05) is 18.2 Å². The Kier molecular flexibility index (Phi) is 11.4. The summed E-state index contributed by atoms with van der Waals surface area (Å²) in [5, 5.41) is 7.02. The van der Waals surface area contributed by atoms with Gasteiger partial charge in [-0.25, -0.2) is 0 Å². The van der Waals surface area contributed by atoms with Crippen LogP contribution in [0, 0.1) is 0 Å². The van der Waals surface area contributed by atoms with Crippen LogP contribution < -0.4 is 25.8 Å². The van der Waals surface area contributed by atoms with E-state index in [1.165, 1.54) is 23.5 Å². The molecule has 0 amide bonds. The molecule has 0 aromatic heterocycles. The van der Waals surface area contributed by atoms with Crippen LogP contribution in [0.2, 0.25) is 0 Å². The molecule has 0 heterocycles. The first-order valence-corrected chi connectivity index (χ1v) is 11.3. The smallest absolute Gasteiger partial charge is 0.162 e. The minimum Gasteiger partial charge on any atom is -0.493 e. The van der Waals surface area contributed by atoms with Crippen LogP contribution in [0.15, 0.2) is 47.4 Å². The lowest BCUT2D eigenvalue weighted by Gasteiger charge is -2.13. The SMILES string of the molecule is COc1cc(N)c(CCNCCCNCCCCSc2ccccc2)cc1OC. The van der Waals surface area contributed by atoms with E-state index < -0.39 is 0 Å². The third-order valence-electron chi connectivity index (χ3n) is 4.68. The fourth-order valence-corrected chi connectivity index (χ4v) is 3.96. The number of hydrogen-bond donors (Lipinski definition) is 3. The lowest BCUT2D eigenvalue weighted by atomic mass is 10.1. The van der Waals surface area contributed by atoms with Gasteiger partial charge in [-0.2, -0.15) is 0 Å². The number of benzene rings is 2.